The van der Waals surface area contributed by atoms with Gasteiger partial charge in [0, 0.05) is 12.0 Å². The number of anilines is 1. The van der Waals surface area contributed by atoms with Gasteiger partial charge >= 0.3 is 0 Å². The van der Waals surface area contributed by atoms with Crippen molar-refractivity contribution < 1.29 is 9.21 Å². The van der Waals surface area contributed by atoms with Crippen LogP contribution >= 0.6 is 11.3 Å². The van der Waals surface area contributed by atoms with Gasteiger partial charge in [0.05, 0.1) is 16.5 Å². The first-order valence-corrected chi connectivity index (χ1v) is 7.32. The summed E-state index contributed by atoms with van der Waals surface area (Å²) in [5.41, 5.74) is 1.90. The van der Waals surface area contributed by atoms with Gasteiger partial charge in [0.15, 0.2) is 5.13 Å². The fourth-order valence-electron chi connectivity index (χ4n) is 1.98. The van der Waals surface area contributed by atoms with E-state index in [2.05, 4.69) is 10.3 Å². The van der Waals surface area contributed by atoms with Gasteiger partial charge in [-0.25, -0.2) is 4.98 Å². The summed E-state index contributed by atoms with van der Waals surface area (Å²) < 4.78 is 6.42. The van der Waals surface area contributed by atoms with Gasteiger partial charge in [-0.2, -0.15) is 0 Å². The Kier molecular flexibility index (Phi) is 3.52. The van der Waals surface area contributed by atoms with E-state index in [0.717, 1.165) is 28.0 Å². The number of hydrogen-bond acceptors (Lipinski definition) is 4. The number of hydrogen-bond donors (Lipinski definition) is 1. The van der Waals surface area contributed by atoms with Crippen LogP contribution in [0, 0.1) is 0 Å². The molecule has 1 N–H and O–H groups in total. The highest BCUT2D eigenvalue weighted by Gasteiger charge is 2.09. The number of rotatable bonds is 4. The molecule has 0 saturated carbocycles. The molecule has 2 heterocycles. The van der Waals surface area contributed by atoms with Crippen molar-refractivity contribution in [2.24, 2.45) is 0 Å². The summed E-state index contributed by atoms with van der Waals surface area (Å²) in [6.07, 6.45) is 3.01. The molecular formula is C15H14N2O2S. The molecule has 0 fully saturated rings. The lowest BCUT2D eigenvalue weighted by atomic mass is 10.2. The maximum atomic E-state index is 11.6. The zero-order valence-corrected chi connectivity index (χ0v) is 11.9. The second-order valence-electron chi connectivity index (χ2n) is 4.48. The molecular weight excluding hydrogens is 272 g/mol. The lowest BCUT2D eigenvalue weighted by molar-refractivity contribution is -0.116. The molecule has 20 heavy (non-hydrogen) atoms. The van der Waals surface area contributed by atoms with Gasteiger partial charge < -0.3 is 9.73 Å². The van der Waals surface area contributed by atoms with Crippen LogP contribution in [-0.4, -0.2) is 10.9 Å². The molecule has 0 bridgehead atoms. The Labute approximate surface area is 120 Å². The van der Waals surface area contributed by atoms with Gasteiger partial charge in [0.1, 0.15) is 5.76 Å². The molecule has 0 aliphatic rings. The predicted octanol–water partition coefficient (Wildman–Crippen LogP) is 4.29. The molecule has 1 aromatic carbocycles. The number of nitrogens with one attached hydrogen (secondary N) is 1. The van der Waals surface area contributed by atoms with Crippen molar-refractivity contribution in [3.63, 3.8) is 0 Å². The molecule has 5 heteroatoms. The maximum absolute atomic E-state index is 11.6. The van der Waals surface area contributed by atoms with E-state index in [4.69, 9.17) is 4.42 Å². The minimum absolute atomic E-state index is 0.0119. The lowest BCUT2D eigenvalue weighted by Gasteiger charge is -1.97. The highest BCUT2D eigenvalue weighted by molar-refractivity contribution is 7.22. The van der Waals surface area contributed by atoms with E-state index in [0.29, 0.717) is 11.6 Å². The molecule has 0 aliphatic heterocycles. The average Bonchev–Trinajstić information content (AvgIpc) is 3.06. The van der Waals surface area contributed by atoms with Gasteiger partial charge in [0.25, 0.3) is 0 Å². The Bertz CT molecular complexity index is 732. The first-order chi connectivity index (χ1) is 9.76. The van der Waals surface area contributed by atoms with Gasteiger partial charge in [-0.05, 0) is 36.8 Å². The normalized spacial score (nSPS) is 10.8. The number of fused-ring (bicyclic) bond motifs is 1. The molecule has 4 nitrogen and oxygen atoms in total. The zero-order valence-electron chi connectivity index (χ0n) is 11.1. The van der Waals surface area contributed by atoms with Crippen LogP contribution in [0.3, 0.4) is 0 Å². The number of nitrogens with zero attached hydrogens (tertiary/aromatic N) is 1. The molecule has 2 aromatic heterocycles. The smallest absolute Gasteiger partial charge is 0.226 e. The zero-order chi connectivity index (χ0) is 13.9. The standard InChI is InChI=1S/C15H14N2O2S/c1-2-4-14(18)17-15-16-11-7-6-10(9-13(11)20-15)12-5-3-8-19-12/h3,5-9H,2,4H2,1H3,(H,16,17,18). The molecule has 102 valence electrons. The molecule has 0 radical (unpaired) electrons. The van der Waals surface area contributed by atoms with Crippen molar-refractivity contribution in [1.29, 1.82) is 0 Å². The summed E-state index contributed by atoms with van der Waals surface area (Å²) in [6, 6.07) is 9.73. The van der Waals surface area contributed by atoms with Gasteiger partial charge in [-0.1, -0.05) is 18.3 Å². The van der Waals surface area contributed by atoms with E-state index >= 15 is 0 Å². The van der Waals surface area contributed by atoms with E-state index in [-0.39, 0.29) is 5.91 Å². The van der Waals surface area contributed by atoms with Crippen LogP contribution in [0.4, 0.5) is 5.13 Å². The Balaban J connectivity index is 1.89. The number of furan rings is 1. The molecule has 0 spiro atoms. The Morgan fingerprint density at radius 1 is 1.40 bits per heavy atom. The summed E-state index contributed by atoms with van der Waals surface area (Å²) in [6.45, 7) is 1.98. The topological polar surface area (TPSA) is 55.1 Å². The molecule has 0 aliphatic carbocycles. The Morgan fingerprint density at radius 2 is 2.30 bits per heavy atom. The highest BCUT2D eigenvalue weighted by atomic mass is 32.1. The number of thiazole rings is 1. The first kappa shape index (κ1) is 12.9. The third kappa shape index (κ3) is 2.58. The minimum atomic E-state index is 0.0119. The molecule has 3 rings (SSSR count). The van der Waals surface area contributed by atoms with Gasteiger partial charge in [0.2, 0.25) is 5.91 Å². The lowest BCUT2D eigenvalue weighted by Crippen LogP contribution is -2.09. The van der Waals surface area contributed by atoms with Crippen molar-refractivity contribution in [3.05, 3.63) is 36.6 Å². The number of aromatic nitrogens is 1. The van der Waals surface area contributed by atoms with Crippen LogP contribution in [0.1, 0.15) is 19.8 Å². The minimum Gasteiger partial charge on any atom is -0.464 e. The van der Waals surface area contributed by atoms with Crippen molar-refractivity contribution in [3.8, 4) is 11.3 Å². The van der Waals surface area contributed by atoms with Crippen LogP contribution < -0.4 is 5.32 Å². The fourth-order valence-corrected chi connectivity index (χ4v) is 2.90. The predicted molar refractivity (Wildman–Crippen MR) is 80.9 cm³/mol. The Hall–Kier alpha value is -2.14. The van der Waals surface area contributed by atoms with Crippen LogP contribution in [0.2, 0.25) is 0 Å². The number of benzene rings is 1. The van der Waals surface area contributed by atoms with Crippen LogP contribution in [0.25, 0.3) is 21.5 Å². The third-order valence-electron chi connectivity index (χ3n) is 2.92. The SMILES string of the molecule is CCCC(=O)Nc1nc2ccc(-c3ccco3)cc2s1. The number of amides is 1. The van der Waals surface area contributed by atoms with Crippen molar-refractivity contribution in [2.45, 2.75) is 19.8 Å². The highest BCUT2D eigenvalue weighted by Crippen LogP contribution is 2.30. The summed E-state index contributed by atoms with van der Waals surface area (Å²) in [4.78, 5) is 16.0. The quantitative estimate of drug-likeness (QED) is 0.778. The van der Waals surface area contributed by atoms with Crippen molar-refractivity contribution in [2.75, 3.05) is 5.32 Å². The molecule has 1 amide bonds. The molecule has 0 saturated heterocycles. The third-order valence-corrected chi connectivity index (χ3v) is 3.85. The van der Waals surface area contributed by atoms with Crippen molar-refractivity contribution >= 4 is 32.6 Å². The largest absolute Gasteiger partial charge is 0.464 e. The summed E-state index contributed by atoms with van der Waals surface area (Å²) in [5.74, 6) is 0.842. The van der Waals surface area contributed by atoms with E-state index in [9.17, 15) is 4.79 Å². The van der Waals surface area contributed by atoms with Crippen LogP contribution in [-0.2, 0) is 4.79 Å². The van der Waals surface area contributed by atoms with Crippen LogP contribution in [0.5, 0.6) is 0 Å². The first-order valence-electron chi connectivity index (χ1n) is 6.50. The van der Waals surface area contributed by atoms with Gasteiger partial charge in [-0.3, -0.25) is 4.79 Å². The second-order valence-corrected chi connectivity index (χ2v) is 5.51. The number of carbonyl (C=O) groups excluding carboxylic acids is 1. The molecule has 0 unspecified atom stereocenters. The summed E-state index contributed by atoms with van der Waals surface area (Å²) in [7, 11) is 0. The average molecular weight is 286 g/mol. The summed E-state index contributed by atoms with van der Waals surface area (Å²) in [5, 5.41) is 3.48. The number of carbonyl (C=O) groups is 1. The second kappa shape index (κ2) is 5.46. The van der Waals surface area contributed by atoms with E-state index in [1.165, 1.54) is 11.3 Å². The monoisotopic (exact) mass is 286 g/mol. The molecule has 3 aromatic rings. The van der Waals surface area contributed by atoms with Gasteiger partial charge in [-0.15, -0.1) is 0 Å². The summed E-state index contributed by atoms with van der Waals surface area (Å²) >= 11 is 1.48. The van der Waals surface area contributed by atoms with Crippen molar-refractivity contribution in [1.82, 2.24) is 4.98 Å². The van der Waals surface area contributed by atoms with E-state index in [1.54, 1.807) is 6.26 Å². The van der Waals surface area contributed by atoms with E-state index in [1.807, 2.05) is 37.3 Å². The van der Waals surface area contributed by atoms with E-state index < -0.39 is 0 Å². The van der Waals surface area contributed by atoms with Crippen LogP contribution in [0.15, 0.2) is 41.0 Å². The fraction of sp³-hybridized carbons (Fsp3) is 0.200. The maximum Gasteiger partial charge on any atom is 0.226 e. The molecule has 0 atom stereocenters. The Morgan fingerprint density at radius 3 is 3.05 bits per heavy atom.